The van der Waals surface area contributed by atoms with E-state index < -0.39 is 10.8 Å². The third kappa shape index (κ3) is 3.90. The molecule has 0 fully saturated rings. The van der Waals surface area contributed by atoms with E-state index in [1.165, 1.54) is 0 Å². The molecule has 0 aliphatic rings. The molecule has 0 aliphatic heterocycles. The molecule has 1 atom stereocenters. The molecule has 4 aromatic rings. The van der Waals surface area contributed by atoms with Gasteiger partial charge in [-0.25, -0.2) is 9.50 Å². The summed E-state index contributed by atoms with van der Waals surface area (Å²) in [5.41, 5.74) is 3.03. The van der Waals surface area contributed by atoms with Crippen LogP contribution in [-0.2, 0) is 17.3 Å². The summed E-state index contributed by atoms with van der Waals surface area (Å²) in [7, 11) is 1.05. The van der Waals surface area contributed by atoms with Crippen molar-refractivity contribution in [3.63, 3.8) is 0 Å². The molecule has 138 valence electrons. The summed E-state index contributed by atoms with van der Waals surface area (Å²) in [4.78, 5) is 8.43. The van der Waals surface area contributed by atoms with Crippen LogP contribution in [0.1, 0.15) is 5.56 Å². The maximum Gasteiger partial charge on any atom is 0.214 e. The first-order valence-corrected chi connectivity index (χ1v) is 11.0. The van der Waals surface area contributed by atoms with Crippen LogP contribution in [0.3, 0.4) is 0 Å². The molecule has 8 heteroatoms. The Hall–Kier alpha value is -2.22. The van der Waals surface area contributed by atoms with E-state index in [0.717, 1.165) is 38.4 Å². The number of hydrogen-bond acceptors (Lipinski definition) is 5. The van der Waals surface area contributed by atoms with Crippen molar-refractivity contribution in [2.45, 2.75) is 11.4 Å². The highest BCUT2D eigenvalue weighted by Crippen LogP contribution is 2.27. The Morgan fingerprint density at radius 1 is 1.15 bits per heavy atom. The van der Waals surface area contributed by atoms with E-state index in [0.29, 0.717) is 5.02 Å². The molecule has 0 radical (unpaired) electrons. The van der Waals surface area contributed by atoms with E-state index in [2.05, 4.69) is 15.0 Å². The number of anilines is 1. The lowest BCUT2D eigenvalue weighted by Crippen LogP contribution is -2.16. The van der Waals surface area contributed by atoms with Gasteiger partial charge in [-0.05, 0) is 29.8 Å². The standard InChI is InChI=1S/C19H17ClN4OS2/c1-23(11-13-3-9-16(10-4-13)27(2)25)19-22-24-12-17(21-18(24)26-19)14-5-7-15(20)8-6-14/h3-10,12H,11H2,1-2H3. The van der Waals surface area contributed by atoms with Crippen LogP contribution in [0.2, 0.25) is 5.02 Å². The Balaban J connectivity index is 1.52. The van der Waals surface area contributed by atoms with Gasteiger partial charge in [0, 0.05) is 46.1 Å². The van der Waals surface area contributed by atoms with Crippen molar-refractivity contribution >= 4 is 43.8 Å². The van der Waals surface area contributed by atoms with Gasteiger partial charge in [0.05, 0.1) is 11.9 Å². The Morgan fingerprint density at radius 3 is 2.48 bits per heavy atom. The number of nitrogens with zero attached hydrogens (tertiary/aromatic N) is 4. The van der Waals surface area contributed by atoms with Gasteiger partial charge in [0.15, 0.2) is 0 Å². The normalized spacial score (nSPS) is 12.4. The number of aromatic nitrogens is 3. The van der Waals surface area contributed by atoms with Gasteiger partial charge in [-0.3, -0.25) is 4.21 Å². The van der Waals surface area contributed by atoms with Crippen LogP contribution in [0.5, 0.6) is 0 Å². The van der Waals surface area contributed by atoms with Crippen molar-refractivity contribution in [1.82, 2.24) is 14.6 Å². The molecule has 0 spiro atoms. The Morgan fingerprint density at radius 2 is 1.85 bits per heavy atom. The number of imidazole rings is 1. The zero-order chi connectivity index (χ0) is 19.0. The summed E-state index contributed by atoms with van der Waals surface area (Å²) in [6.45, 7) is 0.720. The molecule has 1 unspecified atom stereocenters. The molecule has 0 bridgehead atoms. The fourth-order valence-electron chi connectivity index (χ4n) is 2.73. The maximum absolute atomic E-state index is 11.5. The van der Waals surface area contributed by atoms with Crippen LogP contribution in [-0.4, -0.2) is 32.1 Å². The largest absolute Gasteiger partial charge is 0.345 e. The van der Waals surface area contributed by atoms with Gasteiger partial charge in [-0.1, -0.05) is 47.2 Å². The lowest BCUT2D eigenvalue weighted by Gasteiger charge is -2.15. The van der Waals surface area contributed by atoms with Gasteiger partial charge in [0.2, 0.25) is 10.1 Å². The minimum atomic E-state index is -0.953. The fourth-order valence-corrected chi connectivity index (χ4v) is 4.22. The van der Waals surface area contributed by atoms with Gasteiger partial charge < -0.3 is 4.90 Å². The van der Waals surface area contributed by atoms with Crippen LogP contribution in [0.15, 0.2) is 59.6 Å². The van der Waals surface area contributed by atoms with Crippen LogP contribution >= 0.6 is 22.9 Å². The molecule has 0 aliphatic carbocycles. The molecule has 27 heavy (non-hydrogen) atoms. The summed E-state index contributed by atoms with van der Waals surface area (Å²) < 4.78 is 13.3. The summed E-state index contributed by atoms with van der Waals surface area (Å²) >= 11 is 7.49. The van der Waals surface area contributed by atoms with E-state index in [1.807, 2.05) is 66.3 Å². The van der Waals surface area contributed by atoms with E-state index in [9.17, 15) is 4.21 Å². The summed E-state index contributed by atoms with van der Waals surface area (Å²) in [5.74, 6) is 0. The number of benzene rings is 2. The molecule has 0 saturated carbocycles. The smallest absolute Gasteiger partial charge is 0.214 e. The number of hydrogen-bond donors (Lipinski definition) is 0. The van der Waals surface area contributed by atoms with E-state index in [-0.39, 0.29) is 0 Å². The van der Waals surface area contributed by atoms with Crippen molar-refractivity contribution in [2.75, 3.05) is 18.2 Å². The van der Waals surface area contributed by atoms with E-state index in [4.69, 9.17) is 11.6 Å². The Kier molecular flexibility index (Phi) is 4.99. The van der Waals surface area contributed by atoms with Crippen molar-refractivity contribution in [3.8, 4) is 11.3 Å². The molecule has 0 amide bonds. The topological polar surface area (TPSA) is 50.5 Å². The van der Waals surface area contributed by atoms with Crippen molar-refractivity contribution in [2.24, 2.45) is 0 Å². The highest BCUT2D eigenvalue weighted by atomic mass is 35.5. The first-order chi connectivity index (χ1) is 13.0. The Bertz CT molecular complexity index is 1070. The van der Waals surface area contributed by atoms with Gasteiger partial charge in [-0.2, -0.15) is 0 Å². The van der Waals surface area contributed by atoms with Gasteiger partial charge in [0.1, 0.15) is 0 Å². The zero-order valence-electron chi connectivity index (χ0n) is 14.8. The fraction of sp³-hybridized carbons (Fsp3) is 0.158. The van der Waals surface area contributed by atoms with Crippen molar-refractivity contribution in [1.29, 1.82) is 0 Å². The van der Waals surface area contributed by atoms with Crippen molar-refractivity contribution < 1.29 is 4.21 Å². The first-order valence-electron chi connectivity index (χ1n) is 8.25. The first kappa shape index (κ1) is 18.2. The molecule has 0 saturated heterocycles. The maximum atomic E-state index is 11.5. The molecular formula is C19H17ClN4OS2. The quantitative estimate of drug-likeness (QED) is 0.481. The van der Waals surface area contributed by atoms with Crippen LogP contribution < -0.4 is 4.90 Å². The lowest BCUT2D eigenvalue weighted by molar-refractivity contribution is 0.687. The third-order valence-corrected chi connectivity index (χ3v) is 6.40. The summed E-state index contributed by atoms with van der Waals surface area (Å²) in [6, 6.07) is 15.4. The molecule has 2 heterocycles. The van der Waals surface area contributed by atoms with Gasteiger partial charge in [0.25, 0.3) is 0 Å². The second-order valence-electron chi connectivity index (χ2n) is 6.20. The average molecular weight is 417 g/mol. The molecule has 5 nitrogen and oxygen atoms in total. The molecule has 2 aromatic carbocycles. The zero-order valence-corrected chi connectivity index (χ0v) is 17.2. The highest BCUT2D eigenvalue weighted by molar-refractivity contribution is 7.84. The predicted octanol–water partition coefficient (Wildman–Crippen LogP) is 4.49. The molecule has 2 aromatic heterocycles. The summed E-state index contributed by atoms with van der Waals surface area (Å²) in [5, 5.41) is 6.24. The van der Waals surface area contributed by atoms with Crippen LogP contribution in [0.4, 0.5) is 5.13 Å². The monoisotopic (exact) mass is 416 g/mol. The molecule has 0 N–H and O–H groups in total. The number of fused-ring (bicyclic) bond motifs is 1. The van der Waals surface area contributed by atoms with Crippen molar-refractivity contribution in [3.05, 3.63) is 65.3 Å². The lowest BCUT2D eigenvalue weighted by atomic mass is 10.2. The average Bonchev–Trinajstić information content (AvgIpc) is 3.22. The Labute approximate surface area is 168 Å². The number of halogens is 1. The van der Waals surface area contributed by atoms with Gasteiger partial charge in [-0.15, -0.1) is 5.10 Å². The third-order valence-electron chi connectivity index (χ3n) is 4.17. The molecule has 4 rings (SSSR count). The van der Waals surface area contributed by atoms with Crippen LogP contribution in [0.25, 0.3) is 16.2 Å². The highest BCUT2D eigenvalue weighted by Gasteiger charge is 2.13. The second-order valence-corrected chi connectivity index (χ2v) is 8.95. The summed E-state index contributed by atoms with van der Waals surface area (Å²) in [6.07, 6.45) is 3.61. The van der Waals surface area contributed by atoms with E-state index in [1.54, 1.807) is 17.6 Å². The SMILES string of the molecule is CN(Cc1ccc(S(C)=O)cc1)c1nn2cc(-c3ccc(Cl)cc3)nc2s1. The predicted molar refractivity (Wildman–Crippen MR) is 112 cm³/mol. The minimum Gasteiger partial charge on any atom is -0.345 e. The molecular weight excluding hydrogens is 400 g/mol. The van der Waals surface area contributed by atoms with Gasteiger partial charge >= 0.3 is 0 Å². The number of rotatable bonds is 5. The van der Waals surface area contributed by atoms with E-state index >= 15 is 0 Å². The van der Waals surface area contributed by atoms with Crippen LogP contribution in [0, 0.1) is 0 Å². The second kappa shape index (κ2) is 7.42. The minimum absolute atomic E-state index is 0.708.